The molecule has 2 aromatic rings. The highest BCUT2D eigenvalue weighted by atomic mass is 14.8. The second-order valence-electron chi connectivity index (χ2n) is 3.32. The van der Waals surface area contributed by atoms with E-state index in [4.69, 9.17) is 0 Å². The predicted molar refractivity (Wildman–Crippen MR) is 61.5 cm³/mol. The molecule has 2 heterocycles. The summed E-state index contributed by atoms with van der Waals surface area (Å²) in [4.78, 5) is 7.59. The molecule has 0 aliphatic rings. The average molecular weight is 190 g/mol. The minimum atomic E-state index is 0.541. The highest BCUT2D eigenvalue weighted by molar-refractivity contribution is 5.75. The monoisotopic (exact) mass is 190 g/mol. The Morgan fingerprint density at radius 3 is 2.57 bits per heavy atom. The van der Waals surface area contributed by atoms with Crippen LogP contribution in [0.25, 0.3) is 11.0 Å². The Kier molecular flexibility index (Phi) is 3.69. The molecule has 0 atom stereocenters. The van der Waals surface area contributed by atoms with Gasteiger partial charge in [-0.1, -0.05) is 27.7 Å². The summed E-state index contributed by atoms with van der Waals surface area (Å²) in [7, 11) is 0. The van der Waals surface area contributed by atoms with Crippen molar-refractivity contribution in [3.8, 4) is 0 Å². The zero-order valence-corrected chi connectivity index (χ0v) is 9.33. The number of H-pyrrole nitrogens is 1. The highest BCUT2D eigenvalue weighted by Crippen LogP contribution is 2.18. The van der Waals surface area contributed by atoms with Crippen LogP contribution in [0.2, 0.25) is 0 Å². The third-order valence-corrected chi connectivity index (χ3v) is 2.03. The van der Waals surface area contributed by atoms with Crippen molar-refractivity contribution in [3.63, 3.8) is 0 Å². The summed E-state index contributed by atoms with van der Waals surface area (Å²) in [6, 6.07) is 6.11. The predicted octanol–water partition coefficient (Wildman–Crippen LogP) is 3.71. The van der Waals surface area contributed by atoms with Gasteiger partial charge >= 0.3 is 0 Å². The molecule has 0 spiro atoms. The van der Waals surface area contributed by atoms with Crippen molar-refractivity contribution in [1.82, 2.24) is 9.97 Å². The number of pyridine rings is 1. The molecule has 76 valence electrons. The van der Waals surface area contributed by atoms with Gasteiger partial charge in [-0.3, -0.25) is 4.98 Å². The lowest BCUT2D eigenvalue weighted by Gasteiger charge is -1.97. The summed E-state index contributed by atoms with van der Waals surface area (Å²) in [5, 5.41) is 0. The molecule has 0 saturated heterocycles. The number of nitrogens with one attached hydrogen (secondary N) is 1. The maximum atomic E-state index is 4.25. The molecule has 2 aromatic heterocycles. The molecule has 2 heteroatoms. The SMILES string of the molecule is CC.CC(C)c1cc2ncccc2[nH]1. The van der Waals surface area contributed by atoms with Crippen LogP contribution in [0.3, 0.4) is 0 Å². The van der Waals surface area contributed by atoms with Gasteiger partial charge in [0.1, 0.15) is 0 Å². The van der Waals surface area contributed by atoms with Crippen molar-refractivity contribution >= 4 is 11.0 Å². The fourth-order valence-corrected chi connectivity index (χ4v) is 1.29. The Morgan fingerprint density at radius 1 is 1.29 bits per heavy atom. The Bertz CT molecular complexity index is 355. The summed E-state index contributed by atoms with van der Waals surface area (Å²) in [5.41, 5.74) is 3.44. The molecule has 0 aliphatic carbocycles. The van der Waals surface area contributed by atoms with Crippen LogP contribution in [0.4, 0.5) is 0 Å². The van der Waals surface area contributed by atoms with Crippen LogP contribution >= 0.6 is 0 Å². The number of aromatic nitrogens is 2. The number of hydrogen-bond acceptors (Lipinski definition) is 1. The first-order chi connectivity index (χ1) is 6.77. The zero-order valence-electron chi connectivity index (χ0n) is 9.33. The third kappa shape index (κ3) is 2.13. The van der Waals surface area contributed by atoms with Gasteiger partial charge in [0, 0.05) is 11.9 Å². The van der Waals surface area contributed by atoms with Crippen molar-refractivity contribution < 1.29 is 0 Å². The Morgan fingerprint density at radius 2 is 2.00 bits per heavy atom. The van der Waals surface area contributed by atoms with Crippen LogP contribution in [0.5, 0.6) is 0 Å². The molecule has 2 rings (SSSR count). The normalized spacial score (nSPS) is 10.1. The third-order valence-electron chi connectivity index (χ3n) is 2.03. The van der Waals surface area contributed by atoms with Crippen molar-refractivity contribution in [2.45, 2.75) is 33.6 Å². The summed E-state index contributed by atoms with van der Waals surface area (Å²) in [6.07, 6.45) is 1.82. The molecule has 0 radical (unpaired) electrons. The molecule has 0 saturated carbocycles. The Hall–Kier alpha value is -1.31. The smallest absolute Gasteiger partial charge is 0.0881 e. The van der Waals surface area contributed by atoms with Gasteiger partial charge in [0.2, 0.25) is 0 Å². The number of fused-ring (bicyclic) bond motifs is 1. The first kappa shape index (κ1) is 10.8. The second-order valence-corrected chi connectivity index (χ2v) is 3.32. The Labute approximate surface area is 85.4 Å². The van der Waals surface area contributed by atoms with Gasteiger partial charge in [0.25, 0.3) is 0 Å². The van der Waals surface area contributed by atoms with Gasteiger partial charge in [-0.2, -0.15) is 0 Å². The number of nitrogens with zero attached hydrogens (tertiary/aromatic N) is 1. The van der Waals surface area contributed by atoms with Crippen molar-refractivity contribution in [3.05, 3.63) is 30.1 Å². The lowest BCUT2D eigenvalue weighted by molar-refractivity contribution is 0.836. The second kappa shape index (κ2) is 4.80. The standard InChI is InChI=1S/C10H12N2.C2H6/c1-7(2)9-6-10-8(12-9)4-3-5-11-10;1-2/h3-7,12H,1-2H3;1-2H3. The molecular formula is C12H18N2. The summed E-state index contributed by atoms with van der Waals surface area (Å²) in [6.45, 7) is 8.34. The largest absolute Gasteiger partial charge is 0.357 e. The number of hydrogen-bond donors (Lipinski definition) is 1. The van der Waals surface area contributed by atoms with E-state index in [1.165, 1.54) is 5.69 Å². The van der Waals surface area contributed by atoms with E-state index in [2.05, 4.69) is 29.9 Å². The van der Waals surface area contributed by atoms with Gasteiger partial charge < -0.3 is 4.98 Å². The molecule has 0 amide bonds. The van der Waals surface area contributed by atoms with Crippen LogP contribution in [-0.4, -0.2) is 9.97 Å². The van der Waals surface area contributed by atoms with Crippen LogP contribution < -0.4 is 0 Å². The van der Waals surface area contributed by atoms with E-state index in [0.29, 0.717) is 5.92 Å². The molecule has 0 aromatic carbocycles. The minimum Gasteiger partial charge on any atom is -0.357 e. The van der Waals surface area contributed by atoms with Crippen LogP contribution in [0.15, 0.2) is 24.4 Å². The molecule has 0 aliphatic heterocycles. The van der Waals surface area contributed by atoms with E-state index in [1.54, 1.807) is 0 Å². The van der Waals surface area contributed by atoms with Gasteiger partial charge in [-0.25, -0.2) is 0 Å². The zero-order chi connectivity index (χ0) is 10.6. The summed E-state index contributed by atoms with van der Waals surface area (Å²) >= 11 is 0. The van der Waals surface area contributed by atoms with Gasteiger partial charge in [0.05, 0.1) is 11.0 Å². The topological polar surface area (TPSA) is 28.7 Å². The van der Waals surface area contributed by atoms with Gasteiger partial charge in [-0.05, 0) is 24.1 Å². The average Bonchev–Trinajstić information content (AvgIpc) is 2.64. The molecule has 2 nitrogen and oxygen atoms in total. The molecule has 0 bridgehead atoms. The molecule has 14 heavy (non-hydrogen) atoms. The summed E-state index contributed by atoms with van der Waals surface area (Å²) in [5.74, 6) is 0.541. The lowest BCUT2D eigenvalue weighted by Crippen LogP contribution is -1.84. The lowest BCUT2D eigenvalue weighted by atomic mass is 10.1. The van der Waals surface area contributed by atoms with E-state index < -0.39 is 0 Å². The molecule has 0 fully saturated rings. The summed E-state index contributed by atoms with van der Waals surface area (Å²) < 4.78 is 0. The highest BCUT2D eigenvalue weighted by Gasteiger charge is 2.03. The molecule has 0 unspecified atom stereocenters. The van der Waals surface area contributed by atoms with Crippen molar-refractivity contribution in [2.24, 2.45) is 0 Å². The first-order valence-corrected chi connectivity index (χ1v) is 5.21. The van der Waals surface area contributed by atoms with Crippen LogP contribution in [-0.2, 0) is 0 Å². The van der Waals surface area contributed by atoms with E-state index >= 15 is 0 Å². The fraction of sp³-hybridized carbons (Fsp3) is 0.417. The van der Waals surface area contributed by atoms with Gasteiger partial charge in [-0.15, -0.1) is 0 Å². The first-order valence-electron chi connectivity index (χ1n) is 5.21. The van der Waals surface area contributed by atoms with E-state index in [-0.39, 0.29) is 0 Å². The fourth-order valence-electron chi connectivity index (χ4n) is 1.29. The van der Waals surface area contributed by atoms with Crippen molar-refractivity contribution in [1.29, 1.82) is 0 Å². The maximum Gasteiger partial charge on any atom is 0.0881 e. The number of aromatic amines is 1. The van der Waals surface area contributed by atoms with E-state index in [9.17, 15) is 0 Å². The Balaban J connectivity index is 0.000000461. The van der Waals surface area contributed by atoms with Crippen molar-refractivity contribution in [2.75, 3.05) is 0 Å². The molecule has 1 N–H and O–H groups in total. The van der Waals surface area contributed by atoms with Crippen LogP contribution in [0.1, 0.15) is 39.3 Å². The molecular weight excluding hydrogens is 172 g/mol. The van der Waals surface area contributed by atoms with E-state index in [1.807, 2.05) is 32.2 Å². The van der Waals surface area contributed by atoms with Crippen LogP contribution in [0, 0.1) is 0 Å². The minimum absolute atomic E-state index is 0.541. The van der Waals surface area contributed by atoms with Gasteiger partial charge in [0.15, 0.2) is 0 Å². The maximum absolute atomic E-state index is 4.25. The van der Waals surface area contributed by atoms with E-state index in [0.717, 1.165) is 11.0 Å². The quantitative estimate of drug-likeness (QED) is 0.729. The number of rotatable bonds is 1.